The molecule has 1 unspecified atom stereocenters. The summed E-state index contributed by atoms with van der Waals surface area (Å²) in [6, 6.07) is 5.06. The fraction of sp³-hybridized carbons (Fsp3) is 0.529. The molecule has 132 valence electrons. The van der Waals surface area contributed by atoms with Gasteiger partial charge in [0.2, 0.25) is 5.91 Å². The molecule has 1 aliphatic heterocycles. The Balaban J connectivity index is 1.77. The Hall–Kier alpha value is -1.46. The second kappa shape index (κ2) is 9.14. The fourth-order valence-corrected chi connectivity index (χ4v) is 3.28. The molecule has 24 heavy (non-hydrogen) atoms. The van der Waals surface area contributed by atoms with Crippen molar-refractivity contribution in [3.63, 3.8) is 0 Å². The summed E-state index contributed by atoms with van der Waals surface area (Å²) in [4.78, 5) is 26.0. The van der Waals surface area contributed by atoms with Crippen molar-refractivity contribution in [2.75, 3.05) is 19.7 Å². The van der Waals surface area contributed by atoms with E-state index in [4.69, 9.17) is 27.9 Å². The number of carbonyl (C=O) groups is 2. The summed E-state index contributed by atoms with van der Waals surface area (Å²) >= 11 is 11.8. The van der Waals surface area contributed by atoms with E-state index in [1.165, 1.54) is 0 Å². The van der Waals surface area contributed by atoms with Gasteiger partial charge in [0.05, 0.1) is 11.6 Å². The molecule has 0 radical (unpaired) electrons. The molecule has 0 saturated carbocycles. The van der Waals surface area contributed by atoms with Crippen LogP contribution in [0, 0.1) is 0 Å². The molecule has 1 aromatic carbocycles. The lowest BCUT2D eigenvalue weighted by Gasteiger charge is -2.35. The first kappa shape index (κ1) is 18.9. The monoisotopic (exact) mass is 372 g/mol. The van der Waals surface area contributed by atoms with Crippen LogP contribution in [0.4, 0.5) is 0 Å². The fourth-order valence-electron chi connectivity index (χ4n) is 2.82. The van der Waals surface area contributed by atoms with Gasteiger partial charge in [-0.2, -0.15) is 0 Å². The zero-order valence-electron chi connectivity index (χ0n) is 13.7. The topological polar surface area (TPSA) is 58.6 Å². The Bertz CT molecular complexity index is 595. The van der Waals surface area contributed by atoms with Crippen molar-refractivity contribution in [3.05, 3.63) is 28.2 Å². The molecule has 1 aliphatic rings. The minimum absolute atomic E-state index is 0.00690. The van der Waals surface area contributed by atoms with Crippen LogP contribution in [0.2, 0.25) is 10.0 Å². The second-order valence-corrected chi connectivity index (χ2v) is 6.63. The molecule has 0 bridgehead atoms. The van der Waals surface area contributed by atoms with Crippen molar-refractivity contribution >= 4 is 35.0 Å². The highest BCUT2D eigenvalue weighted by molar-refractivity contribution is 6.35. The highest BCUT2D eigenvalue weighted by Gasteiger charge is 2.25. The smallest absolute Gasteiger partial charge is 0.258 e. The zero-order chi connectivity index (χ0) is 17.5. The van der Waals surface area contributed by atoms with Crippen molar-refractivity contribution < 1.29 is 14.3 Å². The average molecular weight is 373 g/mol. The normalized spacial score (nSPS) is 17.5. The predicted octanol–water partition coefficient (Wildman–Crippen LogP) is 3.28. The predicted molar refractivity (Wildman–Crippen MR) is 94.6 cm³/mol. The van der Waals surface area contributed by atoms with E-state index in [1.807, 2.05) is 4.90 Å². The highest BCUT2D eigenvalue weighted by Crippen LogP contribution is 2.27. The van der Waals surface area contributed by atoms with Crippen molar-refractivity contribution in [2.24, 2.45) is 0 Å². The van der Waals surface area contributed by atoms with E-state index >= 15 is 0 Å². The van der Waals surface area contributed by atoms with Gasteiger partial charge in [-0.3, -0.25) is 9.59 Å². The summed E-state index contributed by atoms with van der Waals surface area (Å²) in [6.07, 6.45) is 4.16. The maximum absolute atomic E-state index is 12.3. The van der Waals surface area contributed by atoms with Crippen LogP contribution in [-0.2, 0) is 9.59 Å². The first-order valence-corrected chi connectivity index (χ1v) is 8.91. The molecule has 1 saturated heterocycles. The maximum Gasteiger partial charge on any atom is 0.258 e. The molecule has 2 amide bonds. The molecule has 1 aromatic rings. The van der Waals surface area contributed by atoms with Crippen LogP contribution < -0.4 is 10.1 Å². The summed E-state index contributed by atoms with van der Waals surface area (Å²) in [6.45, 7) is 2.64. The van der Waals surface area contributed by atoms with Gasteiger partial charge in [0.15, 0.2) is 6.61 Å². The summed E-state index contributed by atoms with van der Waals surface area (Å²) in [5, 5.41) is 3.43. The van der Waals surface area contributed by atoms with E-state index in [-0.39, 0.29) is 31.0 Å². The lowest BCUT2D eigenvalue weighted by Crippen LogP contribution is -2.48. The van der Waals surface area contributed by atoms with Crippen LogP contribution in [0.5, 0.6) is 5.75 Å². The van der Waals surface area contributed by atoms with Crippen LogP contribution in [-0.4, -0.2) is 42.5 Å². The van der Waals surface area contributed by atoms with E-state index in [2.05, 4.69) is 12.2 Å². The number of hydrogen-bond donors (Lipinski definition) is 1. The number of halogens is 2. The molecule has 5 nitrogen and oxygen atoms in total. The minimum Gasteiger partial charge on any atom is -0.482 e. The molecular formula is C17H22Cl2N2O3. The SMILES string of the molecule is CCC1CCCCN1C(=O)CNC(=O)COc1ccc(Cl)cc1Cl. The highest BCUT2D eigenvalue weighted by atomic mass is 35.5. The van der Waals surface area contributed by atoms with Gasteiger partial charge in [-0.05, 0) is 43.9 Å². The molecule has 0 aliphatic carbocycles. The largest absolute Gasteiger partial charge is 0.482 e. The van der Waals surface area contributed by atoms with E-state index < -0.39 is 0 Å². The number of piperidine rings is 1. The van der Waals surface area contributed by atoms with Gasteiger partial charge in [0.25, 0.3) is 5.91 Å². The summed E-state index contributed by atoms with van der Waals surface area (Å²) in [5.74, 6) is -0.0246. The van der Waals surface area contributed by atoms with Crippen LogP contribution in [0.15, 0.2) is 18.2 Å². The number of likely N-dealkylation sites (tertiary alicyclic amines) is 1. The minimum atomic E-state index is -0.362. The van der Waals surface area contributed by atoms with Crippen molar-refractivity contribution in [2.45, 2.75) is 38.6 Å². The molecule has 0 aromatic heterocycles. The van der Waals surface area contributed by atoms with Gasteiger partial charge in [0, 0.05) is 17.6 Å². The van der Waals surface area contributed by atoms with Gasteiger partial charge >= 0.3 is 0 Å². The van der Waals surface area contributed by atoms with Gasteiger partial charge in [-0.15, -0.1) is 0 Å². The average Bonchev–Trinajstić information content (AvgIpc) is 2.58. The van der Waals surface area contributed by atoms with E-state index in [1.54, 1.807) is 18.2 Å². The van der Waals surface area contributed by atoms with E-state index in [9.17, 15) is 9.59 Å². The van der Waals surface area contributed by atoms with Gasteiger partial charge in [-0.1, -0.05) is 30.1 Å². The molecule has 1 N–H and O–H groups in total. The van der Waals surface area contributed by atoms with E-state index in [0.29, 0.717) is 15.8 Å². The van der Waals surface area contributed by atoms with Crippen molar-refractivity contribution in [1.82, 2.24) is 10.2 Å². The quantitative estimate of drug-likeness (QED) is 0.833. The Morgan fingerprint density at radius 1 is 1.33 bits per heavy atom. The van der Waals surface area contributed by atoms with Gasteiger partial charge in [0.1, 0.15) is 5.75 Å². The van der Waals surface area contributed by atoms with Crippen LogP contribution in [0.1, 0.15) is 32.6 Å². The molecule has 1 atom stereocenters. The standard InChI is InChI=1S/C17H22Cl2N2O3/c1-2-13-5-3-4-8-21(13)17(23)10-20-16(22)11-24-15-7-6-12(18)9-14(15)19/h6-7,9,13H,2-5,8,10-11H2,1H3,(H,20,22). The number of hydrogen-bond acceptors (Lipinski definition) is 3. The number of nitrogens with one attached hydrogen (secondary N) is 1. The summed E-state index contributed by atoms with van der Waals surface area (Å²) in [5.41, 5.74) is 0. The van der Waals surface area contributed by atoms with Gasteiger partial charge in [-0.25, -0.2) is 0 Å². The third-order valence-corrected chi connectivity index (χ3v) is 4.64. The third-order valence-electron chi connectivity index (χ3n) is 4.11. The van der Waals surface area contributed by atoms with Gasteiger partial charge < -0.3 is 15.0 Å². The number of benzene rings is 1. The Kier molecular flexibility index (Phi) is 7.18. The summed E-state index contributed by atoms with van der Waals surface area (Å²) in [7, 11) is 0. The first-order valence-electron chi connectivity index (χ1n) is 8.15. The summed E-state index contributed by atoms with van der Waals surface area (Å²) < 4.78 is 5.35. The Morgan fingerprint density at radius 3 is 2.83 bits per heavy atom. The third kappa shape index (κ3) is 5.28. The van der Waals surface area contributed by atoms with Crippen molar-refractivity contribution in [1.29, 1.82) is 0 Å². The number of nitrogens with zero attached hydrogens (tertiary/aromatic N) is 1. The van der Waals surface area contributed by atoms with E-state index in [0.717, 1.165) is 32.2 Å². The van der Waals surface area contributed by atoms with Crippen LogP contribution in [0.25, 0.3) is 0 Å². The molecule has 7 heteroatoms. The Morgan fingerprint density at radius 2 is 2.12 bits per heavy atom. The maximum atomic E-state index is 12.3. The number of rotatable bonds is 6. The number of carbonyl (C=O) groups excluding carboxylic acids is 2. The molecule has 1 fully saturated rings. The molecule has 0 spiro atoms. The van der Waals surface area contributed by atoms with Crippen molar-refractivity contribution in [3.8, 4) is 5.75 Å². The number of ether oxygens (including phenoxy) is 1. The number of amides is 2. The molecule has 1 heterocycles. The lowest BCUT2D eigenvalue weighted by molar-refractivity contribution is -0.136. The van der Waals surface area contributed by atoms with Crippen LogP contribution in [0.3, 0.4) is 0 Å². The first-order chi connectivity index (χ1) is 11.5. The zero-order valence-corrected chi connectivity index (χ0v) is 15.2. The Labute approximate surface area is 152 Å². The second-order valence-electron chi connectivity index (χ2n) is 5.79. The molecule has 2 rings (SSSR count). The molecular weight excluding hydrogens is 351 g/mol. The lowest BCUT2D eigenvalue weighted by atomic mass is 10.00. The van der Waals surface area contributed by atoms with Crippen LogP contribution >= 0.6 is 23.2 Å².